The molecule has 0 unspecified atom stereocenters. The number of hydrogen-bond acceptors (Lipinski definition) is 5. The Balaban J connectivity index is 1.53. The first-order valence-corrected chi connectivity index (χ1v) is 9.67. The van der Waals surface area contributed by atoms with Gasteiger partial charge in [-0.15, -0.1) is 0 Å². The Hall–Kier alpha value is -4.27. The molecule has 2 aromatic carbocycles. The molecular weight excluding hydrogens is 415 g/mol. The molecule has 0 bridgehead atoms. The third kappa shape index (κ3) is 5.66. The van der Waals surface area contributed by atoms with Crippen molar-refractivity contribution in [3.8, 4) is 5.69 Å². The zero-order valence-corrected chi connectivity index (χ0v) is 17.5. The van der Waals surface area contributed by atoms with E-state index in [9.17, 15) is 18.8 Å². The molecule has 1 aromatic heterocycles. The number of rotatable bonds is 6. The fourth-order valence-electron chi connectivity index (χ4n) is 2.93. The predicted molar refractivity (Wildman–Crippen MR) is 117 cm³/mol. The first kappa shape index (κ1) is 22.4. The molecule has 9 heteroatoms. The van der Waals surface area contributed by atoms with Gasteiger partial charge in [0, 0.05) is 17.3 Å². The first-order chi connectivity index (χ1) is 15.3. The molecule has 1 heterocycles. The molecule has 0 atom stereocenters. The van der Waals surface area contributed by atoms with Gasteiger partial charge in [-0.05, 0) is 44.2 Å². The van der Waals surface area contributed by atoms with Crippen LogP contribution >= 0.6 is 0 Å². The number of benzene rings is 2. The van der Waals surface area contributed by atoms with E-state index in [1.54, 1.807) is 10.8 Å². The Bertz CT molecular complexity index is 1170. The molecule has 0 aliphatic carbocycles. The molecule has 3 aromatic rings. The van der Waals surface area contributed by atoms with E-state index in [2.05, 4.69) is 10.4 Å². The van der Waals surface area contributed by atoms with Gasteiger partial charge in [0.1, 0.15) is 5.82 Å². The predicted octanol–water partition coefficient (Wildman–Crippen LogP) is 3.53. The van der Waals surface area contributed by atoms with E-state index >= 15 is 0 Å². The third-order valence-electron chi connectivity index (χ3n) is 4.45. The van der Waals surface area contributed by atoms with E-state index < -0.39 is 30.3 Å². The summed E-state index contributed by atoms with van der Waals surface area (Å²) in [6.45, 7) is 3.02. The number of anilines is 1. The normalized spacial score (nSPS) is 10.7. The summed E-state index contributed by atoms with van der Waals surface area (Å²) >= 11 is 0. The summed E-state index contributed by atoms with van der Waals surface area (Å²) < 4.78 is 20.1. The van der Waals surface area contributed by atoms with Crippen molar-refractivity contribution in [3.05, 3.63) is 83.4 Å². The third-order valence-corrected chi connectivity index (χ3v) is 4.45. The lowest BCUT2D eigenvalue weighted by Gasteiger charge is -2.07. The van der Waals surface area contributed by atoms with Crippen molar-refractivity contribution < 1.29 is 23.5 Å². The highest BCUT2D eigenvalue weighted by atomic mass is 19.1. The number of urea groups is 1. The number of imide groups is 1. The number of nitrogens with one attached hydrogen (secondary N) is 2. The smallest absolute Gasteiger partial charge is 0.331 e. The van der Waals surface area contributed by atoms with Crippen LogP contribution in [0.1, 0.15) is 17.0 Å². The van der Waals surface area contributed by atoms with E-state index in [1.807, 2.05) is 49.5 Å². The second-order valence-corrected chi connectivity index (χ2v) is 6.76. The molecule has 0 aliphatic heterocycles. The fourth-order valence-corrected chi connectivity index (χ4v) is 2.93. The average molecular weight is 436 g/mol. The molecule has 0 saturated carbocycles. The number of carbonyl (C=O) groups is 3. The molecule has 0 fully saturated rings. The molecule has 0 aliphatic rings. The van der Waals surface area contributed by atoms with Crippen molar-refractivity contribution in [2.75, 3.05) is 11.9 Å². The maximum atomic E-state index is 13.5. The first-order valence-electron chi connectivity index (χ1n) is 9.67. The van der Waals surface area contributed by atoms with Gasteiger partial charge in [-0.2, -0.15) is 5.10 Å². The number of aryl methyl sites for hydroxylation is 1. The highest BCUT2D eigenvalue weighted by molar-refractivity contribution is 6.02. The Morgan fingerprint density at radius 3 is 2.47 bits per heavy atom. The number of para-hydroxylation sites is 2. The topological polar surface area (TPSA) is 102 Å². The van der Waals surface area contributed by atoms with Crippen LogP contribution in [0.2, 0.25) is 0 Å². The SMILES string of the molecule is Cc1nn(-c2ccccc2)c(C)c1C=CC(=O)OCC(=O)NC(=O)Nc1ccccc1F. The lowest BCUT2D eigenvalue weighted by molar-refractivity contribution is -0.143. The Kier molecular flexibility index (Phi) is 7.12. The summed E-state index contributed by atoms with van der Waals surface area (Å²) in [5, 5.41) is 8.63. The molecule has 3 rings (SSSR count). The monoisotopic (exact) mass is 436 g/mol. The van der Waals surface area contributed by atoms with Gasteiger partial charge in [-0.25, -0.2) is 18.7 Å². The maximum Gasteiger partial charge on any atom is 0.331 e. The number of carbonyl (C=O) groups excluding carboxylic acids is 3. The van der Waals surface area contributed by atoms with Gasteiger partial charge in [0.2, 0.25) is 0 Å². The molecule has 8 nitrogen and oxygen atoms in total. The van der Waals surface area contributed by atoms with E-state index in [1.165, 1.54) is 30.3 Å². The van der Waals surface area contributed by atoms with Crippen molar-refractivity contribution >= 4 is 29.7 Å². The van der Waals surface area contributed by atoms with Crippen LogP contribution in [0.5, 0.6) is 0 Å². The number of nitrogens with zero attached hydrogens (tertiary/aromatic N) is 2. The molecule has 164 valence electrons. The largest absolute Gasteiger partial charge is 0.452 e. The number of amides is 3. The molecule has 0 radical (unpaired) electrons. The minimum atomic E-state index is -0.939. The summed E-state index contributed by atoms with van der Waals surface area (Å²) in [5.74, 6) is -2.27. The van der Waals surface area contributed by atoms with Crippen molar-refractivity contribution in [3.63, 3.8) is 0 Å². The summed E-state index contributed by atoms with van der Waals surface area (Å²) in [5.41, 5.74) is 3.11. The summed E-state index contributed by atoms with van der Waals surface area (Å²) in [6.07, 6.45) is 2.74. The van der Waals surface area contributed by atoms with Crippen LogP contribution in [-0.4, -0.2) is 34.3 Å². The van der Waals surface area contributed by atoms with Crippen molar-refractivity contribution in [2.45, 2.75) is 13.8 Å². The van der Waals surface area contributed by atoms with Gasteiger partial charge in [0.15, 0.2) is 6.61 Å². The Labute approximate surface area is 183 Å². The lowest BCUT2D eigenvalue weighted by Crippen LogP contribution is -2.37. The number of halogens is 1. The van der Waals surface area contributed by atoms with E-state index in [4.69, 9.17) is 4.74 Å². The second kappa shape index (κ2) is 10.2. The van der Waals surface area contributed by atoms with Crippen LogP contribution in [0.25, 0.3) is 11.8 Å². The number of esters is 1. The van der Waals surface area contributed by atoms with Crippen molar-refractivity contribution in [1.29, 1.82) is 0 Å². The minimum Gasteiger partial charge on any atom is -0.452 e. The second-order valence-electron chi connectivity index (χ2n) is 6.76. The highest BCUT2D eigenvalue weighted by Gasteiger charge is 2.13. The van der Waals surface area contributed by atoms with Gasteiger partial charge in [-0.3, -0.25) is 10.1 Å². The van der Waals surface area contributed by atoms with Gasteiger partial charge in [0.25, 0.3) is 5.91 Å². The van der Waals surface area contributed by atoms with E-state index in [0.717, 1.165) is 22.6 Å². The summed E-state index contributed by atoms with van der Waals surface area (Å²) in [6, 6.07) is 14.1. The van der Waals surface area contributed by atoms with Gasteiger partial charge in [-0.1, -0.05) is 30.3 Å². The van der Waals surface area contributed by atoms with Crippen LogP contribution in [0.15, 0.2) is 60.7 Å². The van der Waals surface area contributed by atoms with Crippen LogP contribution in [0.3, 0.4) is 0 Å². The molecule has 0 spiro atoms. The number of ether oxygens (including phenoxy) is 1. The lowest BCUT2D eigenvalue weighted by atomic mass is 10.2. The molecule has 3 amide bonds. The van der Waals surface area contributed by atoms with Crippen molar-refractivity contribution in [1.82, 2.24) is 15.1 Å². The fraction of sp³-hybridized carbons (Fsp3) is 0.130. The van der Waals surface area contributed by atoms with Crippen LogP contribution in [0, 0.1) is 19.7 Å². The molecule has 2 N–H and O–H groups in total. The molecular formula is C23H21FN4O4. The molecule has 0 saturated heterocycles. The van der Waals surface area contributed by atoms with Gasteiger partial charge >= 0.3 is 12.0 Å². The van der Waals surface area contributed by atoms with Gasteiger partial charge in [0.05, 0.1) is 17.1 Å². The van der Waals surface area contributed by atoms with Crippen molar-refractivity contribution in [2.24, 2.45) is 0 Å². The number of hydrogen-bond donors (Lipinski definition) is 2. The standard InChI is InChI=1S/C23H21FN4O4/c1-15-18(16(2)28(27-15)17-8-4-3-5-9-17)12-13-22(30)32-14-21(29)26-23(31)25-20-11-7-6-10-19(20)24/h3-13H,14H2,1-2H3,(H2,25,26,29,31). The Morgan fingerprint density at radius 1 is 1.06 bits per heavy atom. The van der Waals surface area contributed by atoms with Crippen LogP contribution in [0.4, 0.5) is 14.9 Å². The van der Waals surface area contributed by atoms with E-state index in [0.29, 0.717) is 0 Å². The quantitative estimate of drug-likeness (QED) is 0.455. The summed E-state index contributed by atoms with van der Waals surface area (Å²) in [4.78, 5) is 35.5. The zero-order chi connectivity index (χ0) is 23.1. The summed E-state index contributed by atoms with van der Waals surface area (Å²) in [7, 11) is 0. The van der Waals surface area contributed by atoms with Crippen LogP contribution in [-0.2, 0) is 14.3 Å². The minimum absolute atomic E-state index is 0.0838. The Morgan fingerprint density at radius 2 is 1.75 bits per heavy atom. The highest BCUT2D eigenvalue weighted by Crippen LogP contribution is 2.19. The van der Waals surface area contributed by atoms with E-state index in [-0.39, 0.29) is 5.69 Å². The van der Waals surface area contributed by atoms with Crippen LogP contribution < -0.4 is 10.6 Å². The molecule has 32 heavy (non-hydrogen) atoms. The number of aromatic nitrogens is 2. The average Bonchev–Trinajstić information content (AvgIpc) is 3.06. The zero-order valence-electron chi connectivity index (χ0n) is 17.5. The maximum absolute atomic E-state index is 13.5. The van der Waals surface area contributed by atoms with Gasteiger partial charge < -0.3 is 10.1 Å².